The van der Waals surface area contributed by atoms with Crippen molar-refractivity contribution in [3.63, 3.8) is 0 Å². The van der Waals surface area contributed by atoms with Gasteiger partial charge in [-0.25, -0.2) is 0 Å². The van der Waals surface area contributed by atoms with E-state index in [1.807, 2.05) is 19.2 Å². The topological polar surface area (TPSA) is 15.3 Å². The molecule has 1 unspecified atom stereocenters. The second kappa shape index (κ2) is 6.93. The smallest absolute Gasteiger partial charge is 0.0409 e. The molecule has 112 valence electrons. The van der Waals surface area contributed by atoms with Crippen molar-refractivity contribution in [2.75, 3.05) is 26.7 Å². The first kappa shape index (κ1) is 15.8. The van der Waals surface area contributed by atoms with Crippen molar-refractivity contribution >= 4 is 11.6 Å². The maximum Gasteiger partial charge on any atom is 0.0409 e. The molecule has 0 amide bonds. The van der Waals surface area contributed by atoms with Crippen LogP contribution in [0.3, 0.4) is 0 Å². The van der Waals surface area contributed by atoms with Gasteiger partial charge in [0, 0.05) is 11.1 Å². The summed E-state index contributed by atoms with van der Waals surface area (Å²) in [5, 5.41) is 4.24. The monoisotopic (exact) mass is 294 g/mol. The molecule has 0 spiro atoms. The summed E-state index contributed by atoms with van der Waals surface area (Å²) in [6.45, 7) is 8.39. The van der Waals surface area contributed by atoms with E-state index in [0.29, 0.717) is 11.5 Å². The first-order chi connectivity index (χ1) is 9.50. The summed E-state index contributed by atoms with van der Waals surface area (Å²) >= 11 is 6.09. The van der Waals surface area contributed by atoms with Gasteiger partial charge in [0.15, 0.2) is 0 Å². The predicted molar refractivity (Wildman–Crippen MR) is 87.3 cm³/mol. The van der Waals surface area contributed by atoms with Gasteiger partial charge in [-0.3, -0.25) is 0 Å². The molecule has 1 aromatic carbocycles. The molecule has 0 saturated carbocycles. The van der Waals surface area contributed by atoms with Crippen LogP contribution >= 0.6 is 11.6 Å². The van der Waals surface area contributed by atoms with Gasteiger partial charge in [0.2, 0.25) is 0 Å². The molecule has 1 aliphatic heterocycles. The van der Waals surface area contributed by atoms with Gasteiger partial charge >= 0.3 is 0 Å². The van der Waals surface area contributed by atoms with Crippen LogP contribution < -0.4 is 5.32 Å². The van der Waals surface area contributed by atoms with Crippen molar-refractivity contribution < 1.29 is 0 Å². The van der Waals surface area contributed by atoms with Gasteiger partial charge in [-0.15, -0.1) is 0 Å². The lowest BCUT2D eigenvalue weighted by molar-refractivity contribution is 0.128. The molecule has 20 heavy (non-hydrogen) atoms. The number of piperidine rings is 1. The molecule has 1 N–H and O–H groups in total. The number of rotatable bonds is 5. The highest BCUT2D eigenvalue weighted by Gasteiger charge is 2.25. The standard InChI is InChI=1S/C17H27ClN2/c1-17(2)8-11-20(12-9-17)10-7-16(19-3)14-5-4-6-15(18)13-14/h4-6,13,16,19H,7-12H2,1-3H3. The van der Waals surface area contributed by atoms with Gasteiger partial charge in [-0.2, -0.15) is 0 Å². The molecule has 1 saturated heterocycles. The van der Waals surface area contributed by atoms with Crippen molar-refractivity contribution in [3.05, 3.63) is 34.9 Å². The number of nitrogens with one attached hydrogen (secondary N) is 1. The van der Waals surface area contributed by atoms with Crippen molar-refractivity contribution in [1.82, 2.24) is 10.2 Å². The summed E-state index contributed by atoms with van der Waals surface area (Å²) in [6, 6.07) is 8.59. The van der Waals surface area contributed by atoms with E-state index in [1.165, 1.54) is 31.5 Å². The van der Waals surface area contributed by atoms with E-state index in [2.05, 4.69) is 36.2 Å². The molecule has 1 fully saturated rings. The zero-order valence-corrected chi connectivity index (χ0v) is 13.7. The zero-order chi connectivity index (χ0) is 14.6. The Labute approximate surface area is 128 Å². The molecule has 1 heterocycles. The van der Waals surface area contributed by atoms with E-state index in [4.69, 9.17) is 11.6 Å². The van der Waals surface area contributed by atoms with Crippen LogP contribution in [0.2, 0.25) is 5.02 Å². The lowest BCUT2D eigenvalue weighted by atomic mass is 9.82. The van der Waals surface area contributed by atoms with Gasteiger partial charge in [0.05, 0.1) is 0 Å². The molecule has 3 heteroatoms. The summed E-state index contributed by atoms with van der Waals surface area (Å²) < 4.78 is 0. The second-order valence-corrected chi connectivity index (χ2v) is 7.13. The van der Waals surface area contributed by atoms with Crippen LogP contribution in [-0.2, 0) is 0 Å². The molecule has 1 atom stereocenters. The van der Waals surface area contributed by atoms with Gasteiger partial charge < -0.3 is 10.2 Å². The zero-order valence-electron chi connectivity index (χ0n) is 13.0. The highest BCUT2D eigenvalue weighted by molar-refractivity contribution is 6.30. The highest BCUT2D eigenvalue weighted by atomic mass is 35.5. The number of nitrogens with zero attached hydrogens (tertiary/aromatic N) is 1. The lowest BCUT2D eigenvalue weighted by Crippen LogP contribution is -2.38. The fourth-order valence-electron chi connectivity index (χ4n) is 2.89. The lowest BCUT2D eigenvalue weighted by Gasteiger charge is -2.37. The molecule has 0 radical (unpaired) electrons. The Morgan fingerprint density at radius 1 is 1.30 bits per heavy atom. The largest absolute Gasteiger partial charge is 0.313 e. The number of hydrogen-bond donors (Lipinski definition) is 1. The minimum Gasteiger partial charge on any atom is -0.313 e. The van der Waals surface area contributed by atoms with Crippen molar-refractivity contribution in [3.8, 4) is 0 Å². The molecule has 1 aliphatic rings. The summed E-state index contributed by atoms with van der Waals surface area (Å²) in [4.78, 5) is 2.60. The third-order valence-electron chi connectivity index (χ3n) is 4.54. The van der Waals surface area contributed by atoms with Crippen LogP contribution in [-0.4, -0.2) is 31.6 Å². The summed E-state index contributed by atoms with van der Waals surface area (Å²) in [6.07, 6.45) is 3.76. The fourth-order valence-corrected chi connectivity index (χ4v) is 3.09. The highest BCUT2D eigenvalue weighted by Crippen LogP contribution is 2.30. The van der Waals surface area contributed by atoms with Crippen LogP contribution in [0.15, 0.2) is 24.3 Å². The van der Waals surface area contributed by atoms with Crippen LogP contribution in [0.4, 0.5) is 0 Å². The number of halogens is 1. The van der Waals surface area contributed by atoms with Crippen molar-refractivity contribution in [1.29, 1.82) is 0 Å². The number of benzene rings is 1. The minimum absolute atomic E-state index is 0.392. The van der Waals surface area contributed by atoms with Gasteiger partial charge in [-0.1, -0.05) is 37.6 Å². The average molecular weight is 295 g/mol. The van der Waals surface area contributed by atoms with Gasteiger partial charge in [0.1, 0.15) is 0 Å². The maximum atomic E-state index is 6.09. The van der Waals surface area contributed by atoms with E-state index >= 15 is 0 Å². The molecular formula is C17H27ClN2. The Hall–Kier alpha value is -0.570. The SMILES string of the molecule is CNC(CCN1CCC(C)(C)CC1)c1cccc(Cl)c1. The van der Waals surface area contributed by atoms with E-state index < -0.39 is 0 Å². The van der Waals surface area contributed by atoms with Crippen LogP contribution in [0.5, 0.6) is 0 Å². The molecule has 0 bridgehead atoms. The van der Waals surface area contributed by atoms with Gasteiger partial charge in [-0.05, 0) is 69.1 Å². The molecule has 2 nitrogen and oxygen atoms in total. The van der Waals surface area contributed by atoms with Crippen LogP contribution in [0, 0.1) is 5.41 Å². The maximum absolute atomic E-state index is 6.09. The third kappa shape index (κ3) is 4.47. The fraction of sp³-hybridized carbons (Fsp3) is 0.647. The first-order valence-electron chi connectivity index (χ1n) is 7.65. The van der Waals surface area contributed by atoms with Crippen molar-refractivity contribution in [2.45, 2.75) is 39.2 Å². The Kier molecular flexibility index (Phi) is 5.48. The minimum atomic E-state index is 0.392. The quantitative estimate of drug-likeness (QED) is 0.879. The van der Waals surface area contributed by atoms with Crippen LogP contribution in [0.25, 0.3) is 0 Å². The Bertz CT molecular complexity index is 421. The second-order valence-electron chi connectivity index (χ2n) is 6.69. The normalized spacial score (nSPS) is 20.8. The van der Waals surface area contributed by atoms with Crippen molar-refractivity contribution in [2.24, 2.45) is 5.41 Å². The van der Waals surface area contributed by atoms with E-state index in [9.17, 15) is 0 Å². The Balaban J connectivity index is 1.86. The first-order valence-corrected chi connectivity index (χ1v) is 8.03. The Morgan fingerprint density at radius 3 is 2.60 bits per heavy atom. The third-order valence-corrected chi connectivity index (χ3v) is 4.78. The average Bonchev–Trinajstić information content (AvgIpc) is 2.41. The number of likely N-dealkylation sites (tertiary alicyclic amines) is 1. The van der Waals surface area contributed by atoms with Gasteiger partial charge in [0.25, 0.3) is 0 Å². The van der Waals surface area contributed by atoms with E-state index in [0.717, 1.165) is 18.0 Å². The molecule has 2 rings (SSSR count). The van der Waals surface area contributed by atoms with E-state index in [-0.39, 0.29) is 0 Å². The molecular weight excluding hydrogens is 268 g/mol. The summed E-state index contributed by atoms with van der Waals surface area (Å²) in [5.41, 5.74) is 1.82. The Morgan fingerprint density at radius 2 is 2.00 bits per heavy atom. The predicted octanol–water partition coefficient (Wildman–Crippen LogP) is 4.11. The number of hydrogen-bond acceptors (Lipinski definition) is 2. The summed E-state index contributed by atoms with van der Waals surface area (Å²) in [7, 11) is 2.03. The van der Waals surface area contributed by atoms with E-state index in [1.54, 1.807) is 0 Å². The van der Waals surface area contributed by atoms with Crippen LogP contribution in [0.1, 0.15) is 44.7 Å². The molecule has 0 aromatic heterocycles. The summed E-state index contributed by atoms with van der Waals surface area (Å²) in [5.74, 6) is 0. The molecule has 0 aliphatic carbocycles. The molecule has 1 aromatic rings.